The summed E-state index contributed by atoms with van der Waals surface area (Å²) < 4.78 is 31.3. The molecule has 0 bridgehead atoms. The molecule has 9 heteroatoms. The molecule has 0 aliphatic carbocycles. The molecule has 0 saturated carbocycles. The number of halogens is 2. The highest BCUT2D eigenvalue weighted by atomic mass is 19.3. The summed E-state index contributed by atoms with van der Waals surface area (Å²) in [5, 5.41) is 4.32. The normalized spacial score (nSPS) is 24.5. The molecule has 1 spiro atoms. The van der Waals surface area contributed by atoms with Crippen LogP contribution in [-0.2, 0) is 24.9 Å². The molecule has 2 aromatic heterocycles. The first-order chi connectivity index (χ1) is 14.2. The van der Waals surface area contributed by atoms with Gasteiger partial charge in [-0.05, 0) is 31.4 Å². The number of nitrogens with zero attached hydrogens (tertiary/aromatic N) is 4. The minimum Gasteiger partial charge on any atom is -0.336 e. The summed E-state index contributed by atoms with van der Waals surface area (Å²) in [5.41, 5.74) is 1.18. The van der Waals surface area contributed by atoms with Crippen LogP contribution in [0.25, 0.3) is 0 Å². The number of aromatic nitrogens is 3. The van der Waals surface area contributed by atoms with Gasteiger partial charge in [-0.3, -0.25) is 19.2 Å². The zero-order valence-electron chi connectivity index (χ0n) is 17.3. The van der Waals surface area contributed by atoms with Crippen molar-refractivity contribution in [1.29, 1.82) is 0 Å². The van der Waals surface area contributed by atoms with Gasteiger partial charge in [-0.15, -0.1) is 0 Å². The Morgan fingerprint density at radius 1 is 1.20 bits per heavy atom. The van der Waals surface area contributed by atoms with Crippen LogP contribution in [0, 0.1) is 12.3 Å². The number of rotatable bonds is 4. The number of piperidine rings is 2. The predicted molar refractivity (Wildman–Crippen MR) is 107 cm³/mol. The fraction of sp³-hybridized carbons (Fsp3) is 0.571. The van der Waals surface area contributed by atoms with E-state index in [2.05, 4.69) is 10.1 Å². The molecule has 30 heavy (non-hydrogen) atoms. The number of hydrogen-bond acceptors (Lipinski definition) is 4. The van der Waals surface area contributed by atoms with Crippen molar-refractivity contribution in [3.63, 3.8) is 0 Å². The number of H-pyrrole nitrogens is 1. The van der Waals surface area contributed by atoms with Gasteiger partial charge in [0.15, 0.2) is 0 Å². The number of amides is 1. The smallest absolute Gasteiger partial charge is 0.261 e. The first-order valence-corrected chi connectivity index (χ1v) is 10.2. The highest BCUT2D eigenvalue weighted by Crippen LogP contribution is 2.45. The third-order valence-electron chi connectivity index (χ3n) is 6.11. The van der Waals surface area contributed by atoms with E-state index in [9.17, 15) is 18.4 Å². The molecule has 2 fully saturated rings. The number of carbonyl (C=O) groups is 1. The van der Waals surface area contributed by atoms with E-state index in [4.69, 9.17) is 0 Å². The highest BCUT2D eigenvalue weighted by Gasteiger charge is 2.55. The third kappa shape index (κ3) is 4.16. The molecule has 1 amide bonds. The zero-order chi connectivity index (χ0) is 21.5. The molecule has 2 aromatic rings. The molecular weight excluding hydrogens is 392 g/mol. The van der Waals surface area contributed by atoms with Gasteiger partial charge in [0, 0.05) is 45.4 Å². The standard InChI is InChI=1S/C21H27F2N5O2/c1-15-8-17(26(2)25-15)11-28-7-3-6-20(19(28)30)12-21(22,23)14-27(13-20)10-16-4-5-18(29)24-9-16/h4-5,8-9H,3,6-7,10-14H2,1-2H3,(H,24,29)/t20-/m0/s1. The molecule has 7 nitrogen and oxygen atoms in total. The Labute approximate surface area is 173 Å². The number of carbonyl (C=O) groups excluding carboxylic acids is 1. The molecule has 0 radical (unpaired) electrons. The lowest BCUT2D eigenvalue weighted by molar-refractivity contribution is -0.171. The van der Waals surface area contributed by atoms with Crippen molar-refractivity contribution >= 4 is 5.91 Å². The molecular formula is C21H27F2N5O2. The minimum absolute atomic E-state index is 0.196. The zero-order valence-corrected chi connectivity index (χ0v) is 17.3. The number of alkyl halides is 2. The maximum atomic E-state index is 14.8. The van der Waals surface area contributed by atoms with Crippen molar-refractivity contribution in [3.05, 3.63) is 51.7 Å². The van der Waals surface area contributed by atoms with Gasteiger partial charge >= 0.3 is 0 Å². The van der Waals surface area contributed by atoms with Crippen LogP contribution in [-0.4, -0.2) is 56.0 Å². The maximum Gasteiger partial charge on any atom is 0.261 e. The van der Waals surface area contributed by atoms with Crippen LogP contribution in [0.3, 0.4) is 0 Å². The lowest BCUT2D eigenvalue weighted by Gasteiger charge is -2.49. The van der Waals surface area contributed by atoms with E-state index in [1.165, 1.54) is 6.07 Å². The van der Waals surface area contributed by atoms with E-state index in [0.717, 1.165) is 17.0 Å². The van der Waals surface area contributed by atoms with Crippen molar-refractivity contribution in [1.82, 2.24) is 24.6 Å². The molecule has 1 N–H and O–H groups in total. The fourth-order valence-corrected chi connectivity index (χ4v) is 4.95. The molecule has 2 aliphatic rings. The molecule has 0 aromatic carbocycles. The number of nitrogens with one attached hydrogen (secondary N) is 1. The first kappa shape index (κ1) is 20.7. The summed E-state index contributed by atoms with van der Waals surface area (Å²) >= 11 is 0. The van der Waals surface area contributed by atoms with Crippen molar-refractivity contribution < 1.29 is 13.6 Å². The second-order valence-corrected chi connectivity index (χ2v) is 8.75. The Balaban J connectivity index is 1.55. The molecule has 162 valence electrons. The van der Waals surface area contributed by atoms with Crippen LogP contribution >= 0.6 is 0 Å². The average Bonchev–Trinajstić information content (AvgIpc) is 2.97. The molecule has 1 atom stereocenters. The summed E-state index contributed by atoms with van der Waals surface area (Å²) in [7, 11) is 1.83. The fourth-order valence-electron chi connectivity index (χ4n) is 4.95. The second-order valence-electron chi connectivity index (χ2n) is 8.75. The van der Waals surface area contributed by atoms with E-state index in [0.29, 0.717) is 32.5 Å². The monoisotopic (exact) mass is 419 g/mol. The minimum atomic E-state index is -2.94. The van der Waals surface area contributed by atoms with Gasteiger partial charge < -0.3 is 9.88 Å². The lowest BCUT2D eigenvalue weighted by Crippen LogP contribution is -2.60. The Bertz CT molecular complexity index is 981. The Morgan fingerprint density at radius 2 is 2.00 bits per heavy atom. The van der Waals surface area contributed by atoms with Crippen molar-refractivity contribution in [2.75, 3.05) is 19.6 Å². The topological polar surface area (TPSA) is 74.2 Å². The third-order valence-corrected chi connectivity index (χ3v) is 6.11. The van der Waals surface area contributed by atoms with Gasteiger partial charge in [0.25, 0.3) is 5.92 Å². The van der Waals surface area contributed by atoms with Crippen molar-refractivity contribution in [2.24, 2.45) is 12.5 Å². The van der Waals surface area contributed by atoms with Crippen LogP contribution in [0.15, 0.2) is 29.2 Å². The SMILES string of the molecule is Cc1cc(CN2CCC[C@]3(CN(Cc4ccc(=O)[nH]c4)CC(F)(F)C3)C2=O)n(C)n1. The van der Waals surface area contributed by atoms with E-state index in [1.54, 1.807) is 26.7 Å². The summed E-state index contributed by atoms with van der Waals surface area (Å²) in [6.45, 7) is 3.00. The quantitative estimate of drug-likeness (QED) is 0.824. The summed E-state index contributed by atoms with van der Waals surface area (Å²) in [4.78, 5) is 30.6. The lowest BCUT2D eigenvalue weighted by atomic mass is 9.71. The molecule has 4 heterocycles. The average molecular weight is 419 g/mol. The number of pyridine rings is 1. The van der Waals surface area contributed by atoms with E-state index >= 15 is 0 Å². The number of hydrogen-bond donors (Lipinski definition) is 1. The van der Waals surface area contributed by atoms with E-state index in [-0.39, 0.29) is 24.6 Å². The van der Waals surface area contributed by atoms with Crippen LogP contribution in [0.1, 0.15) is 36.2 Å². The number of aromatic amines is 1. The van der Waals surface area contributed by atoms with Gasteiger partial charge in [0.1, 0.15) is 0 Å². The highest BCUT2D eigenvalue weighted by molar-refractivity contribution is 5.84. The van der Waals surface area contributed by atoms with Crippen molar-refractivity contribution in [2.45, 2.75) is 45.2 Å². The predicted octanol–water partition coefficient (Wildman–Crippen LogP) is 2.07. The number of likely N-dealkylation sites (tertiary alicyclic amines) is 2. The van der Waals surface area contributed by atoms with Crippen LogP contribution in [0.2, 0.25) is 0 Å². The van der Waals surface area contributed by atoms with Gasteiger partial charge in [0.05, 0.1) is 29.9 Å². The molecule has 4 rings (SSSR count). The van der Waals surface area contributed by atoms with Crippen LogP contribution in [0.5, 0.6) is 0 Å². The summed E-state index contributed by atoms with van der Waals surface area (Å²) in [6, 6.07) is 4.95. The summed E-state index contributed by atoms with van der Waals surface area (Å²) in [6.07, 6.45) is 2.29. The van der Waals surface area contributed by atoms with Crippen molar-refractivity contribution in [3.8, 4) is 0 Å². The Kier molecular flexibility index (Phi) is 5.25. The van der Waals surface area contributed by atoms with Gasteiger partial charge in [0.2, 0.25) is 11.5 Å². The first-order valence-electron chi connectivity index (χ1n) is 10.2. The summed E-state index contributed by atoms with van der Waals surface area (Å²) in [5.74, 6) is -3.14. The molecule has 2 aliphatic heterocycles. The largest absolute Gasteiger partial charge is 0.336 e. The van der Waals surface area contributed by atoms with Gasteiger partial charge in [-0.1, -0.05) is 6.07 Å². The maximum absolute atomic E-state index is 14.8. The molecule has 0 unspecified atom stereocenters. The van der Waals surface area contributed by atoms with Gasteiger partial charge in [-0.2, -0.15) is 5.10 Å². The number of aryl methyl sites for hydroxylation is 2. The van der Waals surface area contributed by atoms with Crippen LogP contribution < -0.4 is 5.56 Å². The van der Waals surface area contributed by atoms with E-state index in [1.807, 2.05) is 20.0 Å². The van der Waals surface area contributed by atoms with Gasteiger partial charge in [-0.25, -0.2) is 8.78 Å². The van der Waals surface area contributed by atoms with E-state index < -0.39 is 17.8 Å². The Morgan fingerprint density at radius 3 is 2.67 bits per heavy atom. The second kappa shape index (κ2) is 7.61. The molecule has 2 saturated heterocycles. The van der Waals surface area contributed by atoms with Crippen LogP contribution in [0.4, 0.5) is 8.78 Å². The Hall–Kier alpha value is -2.55.